The van der Waals surface area contributed by atoms with Crippen LogP contribution < -0.4 is 4.90 Å². The summed E-state index contributed by atoms with van der Waals surface area (Å²) in [6, 6.07) is 10.1. The Kier molecular flexibility index (Phi) is 5.10. The van der Waals surface area contributed by atoms with Crippen LogP contribution in [0.4, 0.5) is 5.13 Å². The highest BCUT2D eigenvalue weighted by Crippen LogP contribution is 2.30. The van der Waals surface area contributed by atoms with Gasteiger partial charge in [-0.05, 0) is 53.8 Å². The minimum Gasteiger partial charge on any atom is -0.376 e. The fourth-order valence-corrected chi connectivity index (χ4v) is 4.77. The van der Waals surface area contributed by atoms with Crippen molar-refractivity contribution < 1.29 is 9.53 Å². The molecule has 0 saturated carbocycles. The summed E-state index contributed by atoms with van der Waals surface area (Å²) in [5.41, 5.74) is 2.17. The van der Waals surface area contributed by atoms with E-state index >= 15 is 0 Å². The summed E-state index contributed by atoms with van der Waals surface area (Å²) in [5.74, 6) is 0.126. The van der Waals surface area contributed by atoms with Crippen LogP contribution in [0.25, 0.3) is 10.2 Å². The third-order valence-electron chi connectivity index (χ3n) is 4.43. The molecule has 1 amide bonds. The zero-order valence-corrected chi connectivity index (χ0v) is 15.5. The molecular weight excluding hydrogens is 352 g/mol. The fraction of sp³-hybridized carbons (Fsp3) is 0.368. The monoisotopic (exact) mass is 372 g/mol. The van der Waals surface area contributed by atoms with Crippen LogP contribution in [0.5, 0.6) is 0 Å². The number of carbonyl (C=O) groups excluding carboxylic acids is 1. The highest BCUT2D eigenvalue weighted by molar-refractivity contribution is 7.22. The number of carbonyl (C=O) groups is 1. The van der Waals surface area contributed by atoms with Crippen LogP contribution in [0.1, 0.15) is 24.8 Å². The Hall–Kier alpha value is -1.76. The van der Waals surface area contributed by atoms with E-state index in [0.29, 0.717) is 13.0 Å². The zero-order valence-electron chi connectivity index (χ0n) is 13.9. The molecule has 4 rings (SSSR count). The van der Waals surface area contributed by atoms with Crippen LogP contribution in [-0.2, 0) is 16.0 Å². The van der Waals surface area contributed by atoms with Crippen LogP contribution in [0.15, 0.2) is 41.1 Å². The summed E-state index contributed by atoms with van der Waals surface area (Å²) < 4.78 is 6.88. The molecule has 130 valence electrons. The van der Waals surface area contributed by atoms with E-state index in [1.807, 2.05) is 23.1 Å². The van der Waals surface area contributed by atoms with Crippen molar-refractivity contribution in [1.82, 2.24) is 4.98 Å². The predicted octanol–water partition coefficient (Wildman–Crippen LogP) is 4.50. The second-order valence-electron chi connectivity index (χ2n) is 6.24. The molecule has 2 aromatic heterocycles. The van der Waals surface area contributed by atoms with E-state index in [1.54, 1.807) is 22.7 Å². The largest absolute Gasteiger partial charge is 0.376 e. The topological polar surface area (TPSA) is 42.4 Å². The molecule has 1 atom stereocenters. The molecule has 1 aromatic carbocycles. The summed E-state index contributed by atoms with van der Waals surface area (Å²) in [4.78, 5) is 19.5. The smallest absolute Gasteiger partial charge is 0.229 e. The predicted molar refractivity (Wildman–Crippen MR) is 104 cm³/mol. The molecule has 0 unspecified atom stereocenters. The van der Waals surface area contributed by atoms with Crippen LogP contribution >= 0.6 is 22.7 Å². The highest BCUT2D eigenvalue weighted by atomic mass is 32.1. The summed E-state index contributed by atoms with van der Waals surface area (Å²) in [6.45, 7) is 1.39. The minimum absolute atomic E-state index is 0.122. The quantitative estimate of drug-likeness (QED) is 0.640. The number of ether oxygens (including phenoxy) is 1. The molecule has 3 heterocycles. The Balaban J connectivity index is 1.55. The van der Waals surface area contributed by atoms with Gasteiger partial charge < -0.3 is 4.74 Å². The van der Waals surface area contributed by atoms with Crippen molar-refractivity contribution in [3.05, 3.63) is 46.7 Å². The van der Waals surface area contributed by atoms with Crippen LogP contribution in [0.2, 0.25) is 0 Å². The van der Waals surface area contributed by atoms with Gasteiger partial charge in [-0.25, -0.2) is 4.98 Å². The minimum atomic E-state index is 0.122. The lowest BCUT2D eigenvalue weighted by Gasteiger charge is -2.23. The molecule has 0 bridgehead atoms. The van der Waals surface area contributed by atoms with Crippen molar-refractivity contribution >= 4 is 43.9 Å². The molecule has 1 saturated heterocycles. The highest BCUT2D eigenvalue weighted by Gasteiger charge is 2.25. The molecule has 1 aliphatic heterocycles. The lowest BCUT2D eigenvalue weighted by atomic mass is 10.1. The van der Waals surface area contributed by atoms with Crippen molar-refractivity contribution in [3.63, 3.8) is 0 Å². The van der Waals surface area contributed by atoms with Gasteiger partial charge in [0, 0.05) is 13.0 Å². The standard InChI is InChI=1S/C19H20N2O2S2/c22-18(8-7-14-9-11-24-13-14)21(12-15-4-3-10-23-15)19-20-16-5-1-2-6-17(16)25-19/h1-2,5-6,9,11,13,15H,3-4,7-8,10,12H2/t15-/m0/s1. The van der Waals surface area contributed by atoms with Gasteiger partial charge >= 0.3 is 0 Å². The average Bonchev–Trinajstić information content (AvgIpc) is 3.38. The van der Waals surface area contributed by atoms with Gasteiger partial charge in [0.05, 0.1) is 22.9 Å². The van der Waals surface area contributed by atoms with Gasteiger partial charge in [-0.15, -0.1) is 0 Å². The van der Waals surface area contributed by atoms with Gasteiger partial charge in [-0.3, -0.25) is 9.69 Å². The number of thiazole rings is 1. The Morgan fingerprint density at radius 2 is 2.24 bits per heavy atom. The third kappa shape index (κ3) is 3.92. The number of para-hydroxylation sites is 1. The number of thiophene rings is 1. The van der Waals surface area contributed by atoms with Crippen molar-refractivity contribution in [2.45, 2.75) is 31.8 Å². The number of rotatable bonds is 6. The first kappa shape index (κ1) is 16.7. The molecule has 6 heteroatoms. The molecule has 0 aliphatic carbocycles. The number of aryl methyl sites for hydroxylation is 1. The summed E-state index contributed by atoms with van der Waals surface area (Å²) >= 11 is 3.25. The van der Waals surface area contributed by atoms with Crippen LogP contribution in [-0.4, -0.2) is 30.1 Å². The van der Waals surface area contributed by atoms with Crippen LogP contribution in [0.3, 0.4) is 0 Å². The van der Waals surface area contributed by atoms with Crippen molar-refractivity contribution in [1.29, 1.82) is 0 Å². The number of aromatic nitrogens is 1. The van der Waals surface area contributed by atoms with E-state index in [0.717, 1.165) is 41.2 Å². The zero-order chi connectivity index (χ0) is 17.1. The number of anilines is 1. The molecular formula is C19H20N2O2S2. The second-order valence-corrected chi connectivity index (χ2v) is 8.02. The van der Waals surface area contributed by atoms with Crippen molar-refractivity contribution in [2.75, 3.05) is 18.1 Å². The lowest BCUT2D eigenvalue weighted by Crippen LogP contribution is -2.37. The van der Waals surface area contributed by atoms with Gasteiger partial charge in [-0.2, -0.15) is 11.3 Å². The second kappa shape index (κ2) is 7.64. The number of hydrogen-bond donors (Lipinski definition) is 0. The van der Waals surface area contributed by atoms with E-state index in [1.165, 1.54) is 5.56 Å². The Morgan fingerprint density at radius 1 is 1.32 bits per heavy atom. The number of benzene rings is 1. The number of amides is 1. The molecule has 0 N–H and O–H groups in total. The first-order valence-corrected chi connectivity index (χ1v) is 10.3. The average molecular weight is 373 g/mol. The van der Waals surface area contributed by atoms with E-state index < -0.39 is 0 Å². The van der Waals surface area contributed by atoms with E-state index in [2.05, 4.69) is 22.9 Å². The maximum absolute atomic E-state index is 12.9. The Bertz CT molecular complexity index is 805. The summed E-state index contributed by atoms with van der Waals surface area (Å²) in [5, 5.41) is 4.94. The molecule has 3 aromatic rings. The van der Waals surface area contributed by atoms with Gasteiger partial charge in [0.2, 0.25) is 5.91 Å². The van der Waals surface area contributed by atoms with Gasteiger partial charge in [0.1, 0.15) is 0 Å². The van der Waals surface area contributed by atoms with Gasteiger partial charge in [-0.1, -0.05) is 23.5 Å². The first-order chi connectivity index (χ1) is 12.3. The molecule has 4 nitrogen and oxygen atoms in total. The first-order valence-electron chi connectivity index (χ1n) is 8.58. The molecule has 25 heavy (non-hydrogen) atoms. The maximum Gasteiger partial charge on any atom is 0.229 e. The maximum atomic E-state index is 12.9. The summed E-state index contributed by atoms with van der Waals surface area (Å²) in [6.07, 6.45) is 3.48. The third-order valence-corrected chi connectivity index (χ3v) is 6.22. The SMILES string of the molecule is O=C(CCc1ccsc1)N(C[C@@H]1CCCO1)c1nc2ccccc2s1. The van der Waals surface area contributed by atoms with Crippen LogP contribution in [0, 0.1) is 0 Å². The Morgan fingerprint density at radius 3 is 3.00 bits per heavy atom. The van der Waals surface area contributed by atoms with Gasteiger partial charge in [0.15, 0.2) is 5.13 Å². The van der Waals surface area contributed by atoms with E-state index in [-0.39, 0.29) is 12.0 Å². The number of hydrogen-bond acceptors (Lipinski definition) is 5. The van der Waals surface area contributed by atoms with E-state index in [9.17, 15) is 4.79 Å². The molecule has 0 radical (unpaired) electrons. The normalized spacial score (nSPS) is 17.2. The van der Waals surface area contributed by atoms with Crippen molar-refractivity contribution in [3.8, 4) is 0 Å². The number of nitrogens with zero attached hydrogens (tertiary/aromatic N) is 2. The Labute approximate surface area is 155 Å². The van der Waals surface area contributed by atoms with Crippen molar-refractivity contribution in [2.24, 2.45) is 0 Å². The molecule has 1 fully saturated rings. The number of fused-ring (bicyclic) bond motifs is 1. The van der Waals surface area contributed by atoms with E-state index in [4.69, 9.17) is 9.72 Å². The summed E-state index contributed by atoms with van der Waals surface area (Å²) in [7, 11) is 0. The lowest BCUT2D eigenvalue weighted by molar-refractivity contribution is -0.119. The van der Waals surface area contributed by atoms with Gasteiger partial charge in [0.25, 0.3) is 0 Å². The molecule has 1 aliphatic rings. The molecule has 0 spiro atoms. The fourth-order valence-electron chi connectivity index (χ4n) is 3.08.